The maximum atomic E-state index is 12.4. The zero-order valence-corrected chi connectivity index (χ0v) is 21.2. The fourth-order valence-electron chi connectivity index (χ4n) is 3.17. The van der Waals surface area contributed by atoms with E-state index in [-0.39, 0.29) is 12.5 Å². The molecular formula is C25H27BrN2O4S. The number of rotatable bonds is 9. The van der Waals surface area contributed by atoms with E-state index < -0.39 is 10.0 Å². The zero-order valence-electron chi connectivity index (χ0n) is 18.8. The number of nitrogens with one attached hydrogen (secondary N) is 1. The van der Waals surface area contributed by atoms with Crippen LogP contribution >= 0.6 is 15.9 Å². The average molecular weight is 531 g/mol. The number of anilines is 1. The van der Waals surface area contributed by atoms with E-state index in [0.29, 0.717) is 24.4 Å². The minimum absolute atomic E-state index is 0.173. The molecule has 0 atom stereocenters. The standard InChI is InChI=1S/C25H27BrN2O4S/c1-18-4-13-24(16-19(18)2)32-15-14-27-25(29)21-7-5-20(6-8-21)17-28(33(3,30)31)23-11-9-22(26)10-12-23/h4-13,16H,14-15,17H2,1-3H3,(H,27,29). The van der Waals surface area contributed by atoms with Crippen LogP contribution in [0.15, 0.2) is 71.2 Å². The maximum Gasteiger partial charge on any atom is 0.251 e. The highest BCUT2D eigenvalue weighted by Gasteiger charge is 2.18. The zero-order chi connectivity index (χ0) is 24.0. The highest BCUT2D eigenvalue weighted by molar-refractivity contribution is 9.10. The molecule has 1 amide bonds. The molecule has 3 rings (SSSR count). The van der Waals surface area contributed by atoms with E-state index in [9.17, 15) is 13.2 Å². The second kappa shape index (κ2) is 10.9. The van der Waals surface area contributed by atoms with Crippen LogP contribution in [0.2, 0.25) is 0 Å². The first-order chi connectivity index (χ1) is 15.6. The van der Waals surface area contributed by atoms with Crippen LogP contribution < -0.4 is 14.4 Å². The molecule has 3 aromatic rings. The Balaban J connectivity index is 1.56. The van der Waals surface area contributed by atoms with E-state index in [1.54, 1.807) is 48.5 Å². The first-order valence-electron chi connectivity index (χ1n) is 10.4. The van der Waals surface area contributed by atoms with Crippen molar-refractivity contribution in [2.45, 2.75) is 20.4 Å². The Hall–Kier alpha value is -2.84. The monoisotopic (exact) mass is 530 g/mol. The van der Waals surface area contributed by atoms with Crippen molar-refractivity contribution in [2.75, 3.05) is 23.7 Å². The lowest BCUT2D eigenvalue weighted by Gasteiger charge is -2.22. The largest absolute Gasteiger partial charge is 0.492 e. The Morgan fingerprint density at radius 1 is 0.970 bits per heavy atom. The fraction of sp³-hybridized carbons (Fsp3) is 0.240. The van der Waals surface area contributed by atoms with Crippen molar-refractivity contribution >= 4 is 37.5 Å². The molecule has 0 aliphatic heterocycles. The number of hydrogen-bond donors (Lipinski definition) is 1. The fourth-order valence-corrected chi connectivity index (χ4v) is 4.33. The van der Waals surface area contributed by atoms with Crippen molar-refractivity contribution in [3.8, 4) is 5.75 Å². The first kappa shape index (κ1) is 24.8. The van der Waals surface area contributed by atoms with E-state index in [1.807, 2.05) is 32.0 Å². The third-order valence-electron chi connectivity index (χ3n) is 5.19. The van der Waals surface area contributed by atoms with E-state index in [0.717, 1.165) is 21.3 Å². The molecule has 0 aliphatic carbocycles. The molecule has 0 radical (unpaired) electrons. The Kier molecular flexibility index (Phi) is 8.15. The number of halogens is 1. The number of carbonyl (C=O) groups excluding carboxylic acids is 1. The minimum Gasteiger partial charge on any atom is -0.492 e. The maximum absolute atomic E-state index is 12.4. The molecule has 0 spiro atoms. The van der Waals surface area contributed by atoms with Gasteiger partial charge < -0.3 is 10.1 Å². The Labute approximate surface area is 203 Å². The second-order valence-corrected chi connectivity index (χ2v) is 10.6. The predicted octanol–water partition coefficient (Wildman–Crippen LogP) is 4.84. The van der Waals surface area contributed by atoms with E-state index in [4.69, 9.17) is 4.74 Å². The first-order valence-corrected chi connectivity index (χ1v) is 13.1. The molecule has 8 heteroatoms. The summed E-state index contributed by atoms with van der Waals surface area (Å²) in [6.07, 6.45) is 1.18. The summed E-state index contributed by atoms with van der Waals surface area (Å²) in [7, 11) is -3.47. The molecule has 3 aromatic carbocycles. The van der Waals surface area contributed by atoms with Gasteiger partial charge in [0.05, 0.1) is 25.0 Å². The van der Waals surface area contributed by atoms with Gasteiger partial charge in [0.2, 0.25) is 10.0 Å². The van der Waals surface area contributed by atoms with Crippen molar-refractivity contribution in [1.82, 2.24) is 5.32 Å². The van der Waals surface area contributed by atoms with Crippen LogP contribution in [0.5, 0.6) is 5.75 Å². The van der Waals surface area contributed by atoms with Gasteiger partial charge in [-0.15, -0.1) is 0 Å². The Morgan fingerprint density at radius 2 is 1.64 bits per heavy atom. The second-order valence-electron chi connectivity index (χ2n) is 7.79. The summed E-state index contributed by atoms with van der Waals surface area (Å²) in [4.78, 5) is 12.4. The Morgan fingerprint density at radius 3 is 2.24 bits per heavy atom. The van der Waals surface area contributed by atoms with Gasteiger partial charge in [-0.3, -0.25) is 9.10 Å². The molecule has 0 bridgehead atoms. The van der Waals surface area contributed by atoms with Crippen LogP contribution in [-0.2, 0) is 16.6 Å². The number of hydrogen-bond acceptors (Lipinski definition) is 4. The molecule has 0 unspecified atom stereocenters. The SMILES string of the molecule is Cc1ccc(OCCNC(=O)c2ccc(CN(c3ccc(Br)cc3)S(C)(=O)=O)cc2)cc1C. The van der Waals surface area contributed by atoms with Crippen LogP contribution in [0.4, 0.5) is 5.69 Å². The molecular weight excluding hydrogens is 504 g/mol. The summed E-state index contributed by atoms with van der Waals surface area (Å²) in [5.74, 6) is 0.566. The van der Waals surface area contributed by atoms with E-state index >= 15 is 0 Å². The van der Waals surface area contributed by atoms with Crippen molar-refractivity contribution in [3.63, 3.8) is 0 Å². The van der Waals surface area contributed by atoms with Crippen molar-refractivity contribution in [2.24, 2.45) is 0 Å². The molecule has 0 saturated carbocycles. The molecule has 6 nitrogen and oxygen atoms in total. The molecule has 0 heterocycles. The number of sulfonamides is 1. The van der Waals surface area contributed by atoms with Gasteiger partial charge in [-0.05, 0) is 79.1 Å². The van der Waals surface area contributed by atoms with E-state index in [1.165, 1.54) is 16.1 Å². The van der Waals surface area contributed by atoms with Gasteiger partial charge in [-0.2, -0.15) is 0 Å². The molecule has 0 saturated heterocycles. The van der Waals surface area contributed by atoms with Gasteiger partial charge >= 0.3 is 0 Å². The topological polar surface area (TPSA) is 75.7 Å². The minimum atomic E-state index is -3.47. The third kappa shape index (κ3) is 7.07. The number of amides is 1. The quantitative estimate of drug-likeness (QED) is 0.401. The summed E-state index contributed by atoms with van der Waals surface area (Å²) in [5, 5.41) is 2.84. The van der Waals surface area contributed by atoms with Crippen molar-refractivity contribution < 1.29 is 17.9 Å². The number of aryl methyl sites for hydroxylation is 2. The average Bonchev–Trinajstić information content (AvgIpc) is 2.77. The van der Waals surface area contributed by atoms with Crippen molar-refractivity contribution in [3.05, 3.63) is 93.5 Å². The number of carbonyl (C=O) groups is 1. The van der Waals surface area contributed by atoms with Gasteiger partial charge in [-0.25, -0.2) is 8.42 Å². The number of ether oxygens (including phenoxy) is 1. The smallest absolute Gasteiger partial charge is 0.251 e. The van der Waals surface area contributed by atoms with Gasteiger partial charge in [0.1, 0.15) is 12.4 Å². The predicted molar refractivity (Wildman–Crippen MR) is 135 cm³/mol. The third-order valence-corrected chi connectivity index (χ3v) is 6.86. The molecule has 0 aromatic heterocycles. The van der Waals surface area contributed by atoms with Crippen LogP contribution in [0, 0.1) is 13.8 Å². The molecule has 174 valence electrons. The summed E-state index contributed by atoms with van der Waals surface area (Å²) >= 11 is 3.36. The molecule has 1 N–H and O–H groups in total. The molecule has 0 fully saturated rings. The van der Waals surface area contributed by atoms with Crippen LogP contribution in [0.25, 0.3) is 0 Å². The molecule has 33 heavy (non-hydrogen) atoms. The molecule has 0 aliphatic rings. The van der Waals surface area contributed by atoms with Crippen molar-refractivity contribution in [1.29, 1.82) is 0 Å². The lowest BCUT2D eigenvalue weighted by atomic mass is 10.1. The van der Waals surface area contributed by atoms with Crippen LogP contribution in [0.3, 0.4) is 0 Å². The number of nitrogens with zero attached hydrogens (tertiary/aromatic N) is 1. The summed E-state index contributed by atoms with van der Waals surface area (Å²) in [6.45, 7) is 4.99. The van der Waals surface area contributed by atoms with Crippen LogP contribution in [0.1, 0.15) is 27.0 Å². The number of benzene rings is 3. The summed E-state index contributed by atoms with van der Waals surface area (Å²) in [6, 6.07) is 19.9. The normalized spacial score (nSPS) is 11.2. The Bertz CT molecular complexity index is 1210. The van der Waals surface area contributed by atoms with Crippen LogP contribution in [-0.4, -0.2) is 33.7 Å². The van der Waals surface area contributed by atoms with Gasteiger partial charge in [-0.1, -0.05) is 34.1 Å². The summed E-state index contributed by atoms with van der Waals surface area (Å²) in [5.41, 5.74) is 4.21. The van der Waals surface area contributed by atoms with Gasteiger partial charge in [0.25, 0.3) is 5.91 Å². The lowest BCUT2D eigenvalue weighted by Crippen LogP contribution is -2.29. The highest BCUT2D eigenvalue weighted by atomic mass is 79.9. The van der Waals surface area contributed by atoms with Gasteiger partial charge in [0, 0.05) is 10.0 Å². The van der Waals surface area contributed by atoms with E-state index in [2.05, 4.69) is 21.2 Å². The summed E-state index contributed by atoms with van der Waals surface area (Å²) < 4.78 is 32.5. The lowest BCUT2D eigenvalue weighted by molar-refractivity contribution is 0.0947. The highest BCUT2D eigenvalue weighted by Crippen LogP contribution is 2.23. The van der Waals surface area contributed by atoms with Gasteiger partial charge in [0.15, 0.2) is 0 Å².